The van der Waals surface area contributed by atoms with Crippen LogP contribution >= 0.6 is 15.9 Å². The zero-order valence-corrected chi connectivity index (χ0v) is 11.9. The number of fused-ring (bicyclic) bond motifs is 1. The van der Waals surface area contributed by atoms with Gasteiger partial charge in [-0.2, -0.15) is 0 Å². The second-order valence-electron chi connectivity index (χ2n) is 4.20. The van der Waals surface area contributed by atoms with Crippen molar-refractivity contribution in [1.29, 1.82) is 0 Å². The molecule has 1 heterocycles. The molecule has 1 aromatic heterocycles. The number of aryl methyl sites for hydroxylation is 1. The quantitative estimate of drug-likeness (QED) is 0.699. The highest BCUT2D eigenvalue weighted by Crippen LogP contribution is 2.35. The Hall–Kier alpha value is -1.94. The summed E-state index contributed by atoms with van der Waals surface area (Å²) >= 11 is 3.59. The maximum absolute atomic E-state index is 5.80. The standard InChI is InChI=1S/C15H11BrN2O/c1-10-8-14(18-9-17-10)19-13-7-6-11-4-2-3-5-12(11)15(13)16/h2-9H,1H3. The summed E-state index contributed by atoms with van der Waals surface area (Å²) < 4.78 is 6.73. The maximum Gasteiger partial charge on any atom is 0.222 e. The molecule has 0 unspecified atom stereocenters. The van der Waals surface area contributed by atoms with Gasteiger partial charge in [0.25, 0.3) is 0 Å². The Kier molecular flexibility index (Phi) is 3.17. The smallest absolute Gasteiger partial charge is 0.222 e. The van der Waals surface area contributed by atoms with Crippen LogP contribution in [0.2, 0.25) is 0 Å². The number of hydrogen-bond acceptors (Lipinski definition) is 3. The van der Waals surface area contributed by atoms with Crippen molar-refractivity contribution >= 4 is 26.7 Å². The molecule has 0 aliphatic carbocycles. The highest BCUT2D eigenvalue weighted by atomic mass is 79.9. The first-order valence-electron chi connectivity index (χ1n) is 5.88. The number of rotatable bonds is 2. The lowest BCUT2D eigenvalue weighted by Gasteiger charge is -2.09. The highest BCUT2D eigenvalue weighted by molar-refractivity contribution is 9.10. The lowest BCUT2D eigenvalue weighted by molar-refractivity contribution is 0.459. The van der Waals surface area contributed by atoms with Gasteiger partial charge in [-0.15, -0.1) is 0 Å². The van der Waals surface area contributed by atoms with Gasteiger partial charge in [0, 0.05) is 11.8 Å². The number of ether oxygens (including phenoxy) is 1. The molecule has 4 heteroatoms. The third-order valence-electron chi connectivity index (χ3n) is 2.82. The minimum absolute atomic E-state index is 0.545. The van der Waals surface area contributed by atoms with Gasteiger partial charge >= 0.3 is 0 Å². The lowest BCUT2D eigenvalue weighted by Crippen LogP contribution is -1.91. The normalized spacial score (nSPS) is 10.6. The third-order valence-corrected chi connectivity index (χ3v) is 3.64. The Labute approximate surface area is 119 Å². The molecule has 19 heavy (non-hydrogen) atoms. The van der Waals surface area contributed by atoms with Crippen LogP contribution in [0.25, 0.3) is 10.8 Å². The van der Waals surface area contributed by atoms with Crippen LogP contribution in [0.15, 0.2) is 53.3 Å². The molecule has 0 amide bonds. The zero-order valence-electron chi connectivity index (χ0n) is 10.3. The summed E-state index contributed by atoms with van der Waals surface area (Å²) in [5.41, 5.74) is 0.877. The van der Waals surface area contributed by atoms with Gasteiger partial charge in [0.1, 0.15) is 12.1 Å². The first-order valence-corrected chi connectivity index (χ1v) is 6.67. The summed E-state index contributed by atoms with van der Waals surface area (Å²) in [6.45, 7) is 1.91. The Balaban J connectivity index is 2.04. The van der Waals surface area contributed by atoms with E-state index in [-0.39, 0.29) is 0 Å². The second kappa shape index (κ2) is 4.97. The van der Waals surface area contributed by atoms with E-state index in [2.05, 4.69) is 38.0 Å². The molecule has 0 spiro atoms. The largest absolute Gasteiger partial charge is 0.438 e. The molecule has 0 fully saturated rings. The van der Waals surface area contributed by atoms with Crippen molar-refractivity contribution in [3.8, 4) is 11.6 Å². The number of benzene rings is 2. The van der Waals surface area contributed by atoms with E-state index >= 15 is 0 Å². The van der Waals surface area contributed by atoms with Gasteiger partial charge in [-0.05, 0) is 39.7 Å². The van der Waals surface area contributed by atoms with Crippen molar-refractivity contribution < 1.29 is 4.74 Å². The van der Waals surface area contributed by atoms with E-state index in [9.17, 15) is 0 Å². The SMILES string of the molecule is Cc1cc(Oc2ccc3ccccc3c2Br)ncn1. The van der Waals surface area contributed by atoms with Crippen LogP contribution in [0.3, 0.4) is 0 Å². The molecule has 0 radical (unpaired) electrons. The number of hydrogen-bond donors (Lipinski definition) is 0. The van der Waals surface area contributed by atoms with Crippen LogP contribution in [0.4, 0.5) is 0 Å². The minimum atomic E-state index is 0.545. The fourth-order valence-corrected chi connectivity index (χ4v) is 2.47. The lowest BCUT2D eigenvalue weighted by atomic mass is 10.1. The fraction of sp³-hybridized carbons (Fsp3) is 0.0667. The molecule has 0 aliphatic rings. The Morgan fingerprint density at radius 2 is 1.89 bits per heavy atom. The van der Waals surface area contributed by atoms with Crippen molar-refractivity contribution in [2.75, 3.05) is 0 Å². The van der Waals surface area contributed by atoms with E-state index < -0.39 is 0 Å². The molecule has 0 atom stereocenters. The second-order valence-corrected chi connectivity index (χ2v) is 4.99. The van der Waals surface area contributed by atoms with Crippen molar-refractivity contribution in [1.82, 2.24) is 9.97 Å². The summed E-state index contributed by atoms with van der Waals surface area (Å²) in [6, 6.07) is 13.9. The minimum Gasteiger partial charge on any atom is -0.438 e. The summed E-state index contributed by atoms with van der Waals surface area (Å²) in [5.74, 6) is 1.29. The molecule has 2 aromatic carbocycles. The summed E-state index contributed by atoms with van der Waals surface area (Å²) in [4.78, 5) is 8.15. The molecule has 3 rings (SSSR count). The van der Waals surface area contributed by atoms with Crippen LogP contribution in [-0.2, 0) is 0 Å². The van der Waals surface area contributed by atoms with Crippen molar-refractivity contribution in [3.05, 3.63) is 59.0 Å². The van der Waals surface area contributed by atoms with Crippen LogP contribution in [0, 0.1) is 6.92 Å². The maximum atomic E-state index is 5.80. The topological polar surface area (TPSA) is 35.0 Å². The molecule has 0 bridgehead atoms. The van der Waals surface area contributed by atoms with Gasteiger partial charge in [-0.1, -0.05) is 30.3 Å². The van der Waals surface area contributed by atoms with Gasteiger partial charge in [-0.25, -0.2) is 9.97 Å². The molecule has 3 aromatic rings. The van der Waals surface area contributed by atoms with Crippen LogP contribution < -0.4 is 4.74 Å². The van der Waals surface area contributed by atoms with Crippen LogP contribution in [0.5, 0.6) is 11.6 Å². The number of nitrogens with zero attached hydrogens (tertiary/aromatic N) is 2. The van der Waals surface area contributed by atoms with E-state index in [4.69, 9.17) is 4.74 Å². The number of aromatic nitrogens is 2. The van der Waals surface area contributed by atoms with Gasteiger partial charge < -0.3 is 4.74 Å². The highest BCUT2D eigenvalue weighted by Gasteiger charge is 2.07. The van der Waals surface area contributed by atoms with E-state index in [0.29, 0.717) is 5.88 Å². The predicted octanol–water partition coefficient (Wildman–Crippen LogP) is 4.49. The molecule has 0 aliphatic heterocycles. The van der Waals surface area contributed by atoms with Gasteiger partial charge in [0.2, 0.25) is 5.88 Å². The van der Waals surface area contributed by atoms with Gasteiger partial charge in [-0.3, -0.25) is 0 Å². The van der Waals surface area contributed by atoms with Crippen LogP contribution in [-0.4, -0.2) is 9.97 Å². The number of halogens is 1. The van der Waals surface area contributed by atoms with E-state index in [1.165, 1.54) is 11.7 Å². The van der Waals surface area contributed by atoms with Crippen molar-refractivity contribution in [3.63, 3.8) is 0 Å². The van der Waals surface area contributed by atoms with Gasteiger partial charge in [0.15, 0.2) is 0 Å². The Morgan fingerprint density at radius 1 is 1.05 bits per heavy atom. The third kappa shape index (κ3) is 2.44. The molecule has 94 valence electrons. The van der Waals surface area contributed by atoms with Crippen molar-refractivity contribution in [2.45, 2.75) is 6.92 Å². The van der Waals surface area contributed by atoms with Crippen molar-refractivity contribution in [2.24, 2.45) is 0 Å². The molecule has 3 nitrogen and oxygen atoms in total. The zero-order chi connectivity index (χ0) is 13.2. The molecule has 0 N–H and O–H groups in total. The molecular weight excluding hydrogens is 304 g/mol. The first kappa shape index (κ1) is 12.1. The monoisotopic (exact) mass is 314 g/mol. The van der Waals surface area contributed by atoms with E-state index in [1.54, 1.807) is 0 Å². The summed E-state index contributed by atoms with van der Waals surface area (Å²) in [7, 11) is 0. The Bertz CT molecular complexity index is 743. The van der Waals surface area contributed by atoms with Gasteiger partial charge in [0.05, 0.1) is 4.47 Å². The average molecular weight is 315 g/mol. The summed E-state index contributed by atoms with van der Waals surface area (Å²) in [6.07, 6.45) is 1.50. The summed E-state index contributed by atoms with van der Waals surface area (Å²) in [5, 5.41) is 2.28. The average Bonchev–Trinajstić information content (AvgIpc) is 2.42. The Morgan fingerprint density at radius 3 is 2.74 bits per heavy atom. The molecule has 0 saturated carbocycles. The van der Waals surface area contributed by atoms with E-state index in [0.717, 1.165) is 21.3 Å². The van der Waals surface area contributed by atoms with Crippen LogP contribution in [0.1, 0.15) is 5.69 Å². The molecule has 0 saturated heterocycles. The fourth-order valence-electron chi connectivity index (χ4n) is 1.89. The van der Waals surface area contributed by atoms with E-state index in [1.807, 2.05) is 37.3 Å². The molecular formula is C15H11BrN2O. The predicted molar refractivity (Wildman–Crippen MR) is 78.5 cm³/mol. The first-order chi connectivity index (χ1) is 9.24.